The number of hydrogen-bond donors (Lipinski definition) is 1. The lowest BCUT2D eigenvalue weighted by Crippen LogP contribution is -2.24. The first kappa shape index (κ1) is 13.6. The quantitative estimate of drug-likeness (QED) is 0.841. The normalized spacial score (nSPS) is 10.4. The van der Waals surface area contributed by atoms with Gasteiger partial charge in [-0.2, -0.15) is 0 Å². The molecule has 1 aromatic carbocycles. The number of rotatable bonds is 5. The van der Waals surface area contributed by atoms with Crippen LogP contribution in [0.3, 0.4) is 0 Å². The van der Waals surface area contributed by atoms with Crippen LogP contribution in [-0.2, 0) is 18.4 Å². The van der Waals surface area contributed by atoms with Crippen molar-refractivity contribution >= 4 is 17.7 Å². The van der Waals surface area contributed by atoms with E-state index in [1.807, 2.05) is 38.2 Å². The van der Waals surface area contributed by atoms with Crippen LogP contribution in [0.2, 0.25) is 0 Å². The van der Waals surface area contributed by atoms with Crippen LogP contribution in [0.5, 0.6) is 0 Å². The van der Waals surface area contributed by atoms with E-state index in [0.717, 1.165) is 10.7 Å². The molecule has 0 saturated heterocycles. The van der Waals surface area contributed by atoms with Crippen molar-refractivity contribution in [2.75, 3.05) is 5.75 Å². The molecule has 1 aromatic heterocycles. The highest BCUT2D eigenvalue weighted by atomic mass is 32.2. The summed E-state index contributed by atoms with van der Waals surface area (Å²) in [6, 6.07) is 8.11. The molecule has 0 radical (unpaired) electrons. The third-order valence-electron chi connectivity index (χ3n) is 2.61. The Hall–Kier alpha value is -1.82. The zero-order valence-electron chi connectivity index (χ0n) is 11.0. The van der Waals surface area contributed by atoms with Crippen LogP contribution in [-0.4, -0.2) is 26.4 Å². The third kappa shape index (κ3) is 4.10. The van der Waals surface area contributed by atoms with Gasteiger partial charge in [0.1, 0.15) is 6.33 Å². The van der Waals surface area contributed by atoms with Gasteiger partial charge in [0, 0.05) is 13.6 Å². The van der Waals surface area contributed by atoms with Gasteiger partial charge in [0.05, 0.1) is 5.75 Å². The average molecular weight is 276 g/mol. The molecule has 1 amide bonds. The van der Waals surface area contributed by atoms with Gasteiger partial charge in [-0.15, -0.1) is 10.2 Å². The maximum Gasteiger partial charge on any atom is 0.230 e. The molecule has 0 unspecified atom stereocenters. The van der Waals surface area contributed by atoms with E-state index in [2.05, 4.69) is 15.5 Å². The molecule has 6 heteroatoms. The topological polar surface area (TPSA) is 59.8 Å². The van der Waals surface area contributed by atoms with Gasteiger partial charge in [-0.3, -0.25) is 4.79 Å². The number of carbonyl (C=O) groups is 1. The zero-order chi connectivity index (χ0) is 13.7. The van der Waals surface area contributed by atoms with Crippen molar-refractivity contribution in [3.8, 4) is 0 Å². The van der Waals surface area contributed by atoms with E-state index in [0.29, 0.717) is 12.3 Å². The Morgan fingerprint density at radius 1 is 1.37 bits per heavy atom. The van der Waals surface area contributed by atoms with Gasteiger partial charge in [-0.1, -0.05) is 41.6 Å². The van der Waals surface area contributed by atoms with Gasteiger partial charge in [-0.05, 0) is 12.5 Å². The van der Waals surface area contributed by atoms with E-state index in [1.165, 1.54) is 17.3 Å². The predicted molar refractivity (Wildman–Crippen MR) is 74.8 cm³/mol. The van der Waals surface area contributed by atoms with Crippen LogP contribution in [0.15, 0.2) is 35.7 Å². The fourth-order valence-electron chi connectivity index (χ4n) is 1.49. The highest BCUT2D eigenvalue weighted by Crippen LogP contribution is 2.12. The fraction of sp³-hybridized carbons (Fsp3) is 0.308. The summed E-state index contributed by atoms with van der Waals surface area (Å²) in [6.45, 7) is 2.60. The Labute approximate surface area is 116 Å². The predicted octanol–water partition coefficient (Wildman–Crippen LogP) is 1.53. The maximum atomic E-state index is 11.7. The lowest BCUT2D eigenvalue weighted by Gasteiger charge is -2.05. The van der Waals surface area contributed by atoms with Crippen molar-refractivity contribution in [3.05, 3.63) is 41.7 Å². The second-order valence-corrected chi connectivity index (χ2v) is 5.22. The summed E-state index contributed by atoms with van der Waals surface area (Å²) < 4.78 is 1.79. The number of benzene rings is 1. The van der Waals surface area contributed by atoms with Crippen LogP contribution >= 0.6 is 11.8 Å². The van der Waals surface area contributed by atoms with E-state index in [9.17, 15) is 4.79 Å². The molecule has 0 aliphatic heterocycles. The van der Waals surface area contributed by atoms with Crippen molar-refractivity contribution < 1.29 is 4.79 Å². The number of carbonyl (C=O) groups excluding carboxylic acids is 1. The largest absolute Gasteiger partial charge is 0.351 e. The van der Waals surface area contributed by atoms with Crippen LogP contribution in [0.4, 0.5) is 0 Å². The second kappa shape index (κ2) is 6.38. The number of nitrogens with zero attached hydrogens (tertiary/aromatic N) is 3. The minimum absolute atomic E-state index is 0.00595. The van der Waals surface area contributed by atoms with Gasteiger partial charge in [0.15, 0.2) is 5.16 Å². The van der Waals surface area contributed by atoms with Crippen molar-refractivity contribution in [1.29, 1.82) is 0 Å². The number of aryl methyl sites for hydroxylation is 2. The van der Waals surface area contributed by atoms with Crippen molar-refractivity contribution in [3.63, 3.8) is 0 Å². The maximum absolute atomic E-state index is 11.7. The van der Waals surface area contributed by atoms with E-state index in [4.69, 9.17) is 0 Å². The molecule has 2 aromatic rings. The minimum Gasteiger partial charge on any atom is -0.351 e. The summed E-state index contributed by atoms with van der Waals surface area (Å²) in [6.07, 6.45) is 1.62. The van der Waals surface area contributed by atoms with Crippen LogP contribution in [0.25, 0.3) is 0 Å². The average Bonchev–Trinajstić information content (AvgIpc) is 2.81. The molecule has 1 heterocycles. The summed E-state index contributed by atoms with van der Waals surface area (Å²) in [5.41, 5.74) is 2.32. The molecule has 0 fully saturated rings. The SMILES string of the molecule is Cc1ccc(CNC(=O)CSc2nncn2C)cc1. The Kier molecular flexibility index (Phi) is 4.57. The number of hydrogen-bond acceptors (Lipinski definition) is 4. The van der Waals surface area contributed by atoms with E-state index in [-0.39, 0.29) is 5.91 Å². The van der Waals surface area contributed by atoms with Crippen LogP contribution in [0, 0.1) is 6.92 Å². The standard InChI is InChI=1S/C13H16N4OS/c1-10-3-5-11(6-4-10)7-14-12(18)8-19-13-16-15-9-17(13)2/h3-6,9H,7-8H2,1-2H3,(H,14,18). The summed E-state index contributed by atoms with van der Waals surface area (Å²) in [7, 11) is 1.85. The lowest BCUT2D eigenvalue weighted by atomic mass is 10.1. The van der Waals surface area contributed by atoms with E-state index < -0.39 is 0 Å². The summed E-state index contributed by atoms with van der Waals surface area (Å²) in [4.78, 5) is 11.7. The van der Waals surface area contributed by atoms with Crippen molar-refractivity contribution in [1.82, 2.24) is 20.1 Å². The number of amides is 1. The van der Waals surface area contributed by atoms with Crippen LogP contribution < -0.4 is 5.32 Å². The highest BCUT2D eigenvalue weighted by molar-refractivity contribution is 7.99. The summed E-state index contributed by atoms with van der Waals surface area (Å²) in [5.74, 6) is 0.340. The van der Waals surface area contributed by atoms with E-state index in [1.54, 1.807) is 10.9 Å². The van der Waals surface area contributed by atoms with Gasteiger partial charge >= 0.3 is 0 Å². The molecule has 5 nitrogen and oxygen atoms in total. The molecule has 0 spiro atoms. The molecule has 2 rings (SSSR count). The molecule has 19 heavy (non-hydrogen) atoms. The molecule has 0 saturated carbocycles. The molecular weight excluding hydrogens is 260 g/mol. The molecule has 0 aliphatic rings. The van der Waals surface area contributed by atoms with Gasteiger partial charge in [0.25, 0.3) is 0 Å². The first-order chi connectivity index (χ1) is 9.15. The first-order valence-electron chi connectivity index (χ1n) is 5.94. The molecule has 0 aliphatic carbocycles. The van der Waals surface area contributed by atoms with Crippen LogP contribution in [0.1, 0.15) is 11.1 Å². The fourth-order valence-corrected chi connectivity index (χ4v) is 2.21. The Balaban J connectivity index is 1.76. The van der Waals surface area contributed by atoms with Crippen molar-refractivity contribution in [2.24, 2.45) is 7.05 Å². The number of nitrogens with one attached hydrogen (secondary N) is 1. The lowest BCUT2D eigenvalue weighted by molar-refractivity contribution is -0.118. The van der Waals surface area contributed by atoms with Gasteiger partial charge < -0.3 is 9.88 Å². The van der Waals surface area contributed by atoms with Crippen molar-refractivity contribution in [2.45, 2.75) is 18.6 Å². The Morgan fingerprint density at radius 3 is 2.74 bits per heavy atom. The Bertz CT molecular complexity index is 550. The minimum atomic E-state index is -0.00595. The third-order valence-corrected chi connectivity index (χ3v) is 3.65. The highest BCUT2D eigenvalue weighted by Gasteiger charge is 2.06. The summed E-state index contributed by atoms with van der Waals surface area (Å²) >= 11 is 1.38. The second-order valence-electron chi connectivity index (χ2n) is 4.28. The summed E-state index contributed by atoms with van der Waals surface area (Å²) in [5, 5.41) is 11.3. The smallest absolute Gasteiger partial charge is 0.230 e. The van der Waals surface area contributed by atoms with E-state index >= 15 is 0 Å². The number of aromatic nitrogens is 3. The molecule has 100 valence electrons. The number of thioether (sulfide) groups is 1. The molecule has 0 atom stereocenters. The van der Waals surface area contributed by atoms with Gasteiger partial charge in [0.2, 0.25) is 5.91 Å². The molecule has 0 bridgehead atoms. The zero-order valence-corrected chi connectivity index (χ0v) is 11.8. The first-order valence-corrected chi connectivity index (χ1v) is 6.93. The van der Waals surface area contributed by atoms with Gasteiger partial charge in [-0.25, -0.2) is 0 Å². The molecule has 1 N–H and O–H groups in total. The molecular formula is C13H16N4OS. The Morgan fingerprint density at radius 2 is 2.11 bits per heavy atom. The monoisotopic (exact) mass is 276 g/mol.